The molecule has 2 aromatic rings. The lowest BCUT2D eigenvalue weighted by atomic mass is 9.90. The molecule has 2 aromatic carbocycles. The van der Waals surface area contributed by atoms with Crippen molar-refractivity contribution in [2.24, 2.45) is 10.9 Å². The SMILES string of the molecule is CCOC(=O)[C@H]1C(=O)NC(N2CCc3ccccc3C2)=N[C@@H]1c1ccc(CC)cc1. The summed E-state index contributed by atoms with van der Waals surface area (Å²) in [6.07, 6.45) is 1.82. The largest absolute Gasteiger partial charge is 0.465 e. The molecule has 0 unspecified atom stereocenters. The van der Waals surface area contributed by atoms with Gasteiger partial charge in [0.2, 0.25) is 11.9 Å². The fraction of sp³-hybridized carbons (Fsp3) is 0.375. The van der Waals surface area contributed by atoms with Gasteiger partial charge in [0.1, 0.15) is 6.04 Å². The van der Waals surface area contributed by atoms with E-state index in [9.17, 15) is 9.59 Å². The Morgan fingerprint density at radius 2 is 1.87 bits per heavy atom. The number of ether oxygens (including phenoxy) is 1. The highest BCUT2D eigenvalue weighted by atomic mass is 16.5. The minimum absolute atomic E-state index is 0.226. The maximum Gasteiger partial charge on any atom is 0.321 e. The van der Waals surface area contributed by atoms with Crippen LogP contribution in [0.4, 0.5) is 0 Å². The number of fused-ring (bicyclic) bond motifs is 1. The zero-order valence-electron chi connectivity index (χ0n) is 17.4. The summed E-state index contributed by atoms with van der Waals surface area (Å²) in [7, 11) is 0. The molecule has 0 saturated carbocycles. The van der Waals surface area contributed by atoms with E-state index < -0.39 is 17.9 Å². The molecule has 2 aliphatic heterocycles. The number of benzene rings is 2. The standard InChI is InChI=1S/C24H27N3O3/c1-3-16-9-11-18(12-10-16)21-20(23(29)30-4-2)22(28)26-24(25-21)27-14-13-17-7-5-6-8-19(17)15-27/h5-12,20-21H,3-4,13-15H2,1-2H3,(H,25,26,28)/t20-,21-/m1/s1. The Balaban J connectivity index is 1.68. The lowest BCUT2D eigenvalue weighted by molar-refractivity contribution is -0.153. The van der Waals surface area contributed by atoms with E-state index in [0.717, 1.165) is 24.9 Å². The van der Waals surface area contributed by atoms with Crippen LogP contribution < -0.4 is 5.32 Å². The highest BCUT2D eigenvalue weighted by molar-refractivity contribution is 6.08. The van der Waals surface area contributed by atoms with Gasteiger partial charge in [-0.3, -0.25) is 14.9 Å². The maximum absolute atomic E-state index is 13.0. The molecule has 0 radical (unpaired) electrons. The molecular formula is C24H27N3O3. The van der Waals surface area contributed by atoms with Gasteiger partial charge in [-0.05, 0) is 42.0 Å². The Morgan fingerprint density at radius 1 is 1.13 bits per heavy atom. The summed E-state index contributed by atoms with van der Waals surface area (Å²) in [6, 6.07) is 15.7. The van der Waals surface area contributed by atoms with E-state index >= 15 is 0 Å². The number of nitrogens with one attached hydrogen (secondary N) is 1. The molecule has 2 heterocycles. The number of nitrogens with zero attached hydrogens (tertiary/aromatic N) is 2. The molecule has 1 amide bonds. The summed E-state index contributed by atoms with van der Waals surface area (Å²) in [5.74, 6) is -1.36. The first-order valence-electron chi connectivity index (χ1n) is 10.6. The second-order valence-electron chi connectivity index (χ2n) is 7.65. The average Bonchev–Trinajstić information content (AvgIpc) is 2.78. The van der Waals surface area contributed by atoms with Crippen molar-refractivity contribution in [1.29, 1.82) is 0 Å². The predicted octanol–water partition coefficient (Wildman–Crippen LogP) is 3.01. The van der Waals surface area contributed by atoms with E-state index in [-0.39, 0.29) is 12.5 Å². The quantitative estimate of drug-likeness (QED) is 0.627. The number of rotatable bonds is 4. The molecule has 4 rings (SSSR count). The molecule has 30 heavy (non-hydrogen) atoms. The third kappa shape index (κ3) is 3.95. The van der Waals surface area contributed by atoms with Gasteiger partial charge in [-0.15, -0.1) is 0 Å². The van der Waals surface area contributed by atoms with E-state index in [1.54, 1.807) is 6.92 Å². The number of carbonyl (C=O) groups is 2. The van der Waals surface area contributed by atoms with Gasteiger partial charge >= 0.3 is 5.97 Å². The van der Waals surface area contributed by atoms with Crippen LogP contribution in [0, 0.1) is 5.92 Å². The molecule has 0 spiro atoms. The number of aliphatic imine (C=N–C) groups is 1. The lowest BCUT2D eigenvalue weighted by Crippen LogP contribution is -2.53. The number of carbonyl (C=O) groups excluding carboxylic acids is 2. The molecule has 156 valence electrons. The van der Waals surface area contributed by atoms with Crippen LogP contribution in [0.1, 0.15) is 42.1 Å². The number of hydrogen-bond acceptors (Lipinski definition) is 5. The first kappa shape index (κ1) is 20.1. The highest BCUT2D eigenvalue weighted by Crippen LogP contribution is 2.32. The number of hydrogen-bond donors (Lipinski definition) is 1. The monoisotopic (exact) mass is 405 g/mol. The van der Waals surface area contributed by atoms with E-state index in [0.29, 0.717) is 12.5 Å². The van der Waals surface area contributed by atoms with Crippen molar-refractivity contribution in [3.8, 4) is 0 Å². The second kappa shape index (κ2) is 8.69. The summed E-state index contributed by atoms with van der Waals surface area (Å²) in [4.78, 5) is 32.5. The van der Waals surface area contributed by atoms with Crippen LogP contribution in [-0.2, 0) is 33.7 Å². The Labute approximate surface area is 176 Å². The third-order valence-electron chi connectivity index (χ3n) is 5.79. The lowest BCUT2D eigenvalue weighted by Gasteiger charge is -2.36. The van der Waals surface area contributed by atoms with Gasteiger partial charge in [0.15, 0.2) is 5.92 Å². The molecule has 0 aliphatic carbocycles. The van der Waals surface area contributed by atoms with Gasteiger partial charge in [0.05, 0.1) is 6.61 Å². The van der Waals surface area contributed by atoms with E-state index in [2.05, 4.69) is 29.3 Å². The van der Waals surface area contributed by atoms with Gasteiger partial charge in [-0.25, -0.2) is 4.99 Å². The molecule has 1 N–H and O–H groups in total. The minimum atomic E-state index is -0.988. The normalized spacial score (nSPS) is 20.8. The maximum atomic E-state index is 13.0. The first-order chi connectivity index (χ1) is 14.6. The topological polar surface area (TPSA) is 71.0 Å². The van der Waals surface area contributed by atoms with Gasteiger partial charge in [0, 0.05) is 13.1 Å². The summed E-state index contributed by atoms with van der Waals surface area (Å²) in [5, 5.41) is 2.86. The number of amides is 1. The summed E-state index contributed by atoms with van der Waals surface area (Å²) < 4.78 is 5.19. The van der Waals surface area contributed by atoms with Crippen LogP contribution in [0.3, 0.4) is 0 Å². The van der Waals surface area contributed by atoms with E-state index in [1.807, 2.05) is 36.4 Å². The fourth-order valence-electron chi connectivity index (χ4n) is 4.09. The van der Waals surface area contributed by atoms with Crippen LogP contribution in [0.5, 0.6) is 0 Å². The molecule has 0 bridgehead atoms. The molecular weight excluding hydrogens is 378 g/mol. The predicted molar refractivity (Wildman–Crippen MR) is 115 cm³/mol. The van der Waals surface area contributed by atoms with Gasteiger partial charge in [-0.1, -0.05) is 55.5 Å². The van der Waals surface area contributed by atoms with Gasteiger partial charge in [0.25, 0.3) is 0 Å². The summed E-state index contributed by atoms with van der Waals surface area (Å²) >= 11 is 0. The third-order valence-corrected chi connectivity index (χ3v) is 5.79. The van der Waals surface area contributed by atoms with Crippen LogP contribution in [0.25, 0.3) is 0 Å². The van der Waals surface area contributed by atoms with E-state index in [1.165, 1.54) is 16.7 Å². The molecule has 0 aromatic heterocycles. The highest BCUT2D eigenvalue weighted by Gasteiger charge is 2.42. The van der Waals surface area contributed by atoms with Crippen molar-refractivity contribution in [2.75, 3.05) is 13.2 Å². The van der Waals surface area contributed by atoms with Gasteiger partial charge < -0.3 is 9.64 Å². The van der Waals surface area contributed by atoms with Crippen molar-refractivity contribution < 1.29 is 14.3 Å². The smallest absolute Gasteiger partial charge is 0.321 e. The molecule has 2 atom stereocenters. The van der Waals surface area contributed by atoms with Gasteiger partial charge in [-0.2, -0.15) is 0 Å². The van der Waals surface area contributed by atoms with Crippen molar-refractivity contribution in [1.82, 2.24) is 10.2 Å². The zero-order chi connectivity index (χ0) is 21.1. The first-order valence-corrected chi connectivity index (χ1v) is 10.6. The van der Waals surface area contributed by atoms with Crippen LogP contribution in [-0.4, -0.2) is 35.9 Å². The minimum Gasteiger partial charge on any atom is -0.465 e. The zero-order valence-corrected chi connectivity index (χ0v) is 17.4. The fourth-order valence-corrected chi connectivity index (χ4v) is 4.09. The van der Waals surface area contributed by atoms with Crippen molar-refractivity contribution in [3.63, 3.8) is 0 Å². The van der Waals surface area contributed by atoms with Crippen molar-refractivity contribution >= 4 is 17.8 Å². The van der Waals surface area contributed by atoms with Crippen LogP contribution in [0.15, 0.2) is 53.5 Å². The van der Waals surface area contributed by atoms with E-state index in [4.69, 9.17) is 9.73 Å². The summed E-state index contributed by atoms with van der Waals surface area (Å²) in [6.45, 7) is 5.50. The van der Waals surface area contributed by atoms with Crippen molar-refractivity contribution in [2.45, 2.75) is 39.3 Å². The van der Waals surface area contributed by atoms with Crippen LogP contribution >= 0.6 is 0 Å². The number of esters is 1. The molecule has 0 saturated heterocycles. The molecule has 6 nitrogen and oxygen atoms in total. The molecule has 0 fully saturated rings. The molecule has 6 heteroatoms. The Hall–Kier alpha value is -3.15. The Morgan fingerprint density at radius 3 is 2.57 bits per heavy atom. The molecule has 2 aliphatic rings. The summed E-state index contributed by atoms with van der Waals surface area (Å²) in [5.41, 5.74) is 4.60. The Kier molecular flexibility index (Phi) is 5.84. The number of guanidine groups is 1. The number of aryl methyl sites for hydroxylation is 1. The van der Waals surface area contributed by atoms with Crippen molar-refractivity contribution in [3.05, 3.63) is 70.8 Å². The Bertz CT molecular complexity index is 968. The second-order valence-corrected chi connectivity index (χ2v) is 7.65. The average molecular weight is 405 g/mol. The van der Waals surface area contributed by atoms with Crippen LogP contribution in [0.2, 0.25) is 0 Å².